The molecule has 11 heteroatoms. The summed E-state index contributed by atoms with van der Waals surface area (Å²) in [5, 5.41) is 29.2. The number of hydrogen-bond donors (Lipinski definition) is 4. The van der Waals surface area contributed by atoms with E-state index in [0.29, 0.717) is 49.7 Å². The summed E-state index contributed by atoms with van der Waals surface area (Å²) < 4.78 is 7.22. The van der Waals surface area contributed by atoms with E-state index in [2.05, 4.69) is 34.4 Å². The average molecular weight is 576 g/mol. The van der Waals surface area contributed by atoms with E-state index in [1.165, 1.54) is 12.8 Å². The van der Waals surface area contributed by atoms with E-state index in [1.54, 1.807) is 4.52 Å². The fraction of sp³-hybridized carbons (Fsp3) is 0.581. The van der Waals surface area contributed by atoms with Gasteiger partial charge in [0.2, 0.25) is 0 Å². The van der Waals surface area contributed by atoms with Crippen molar-refractivity contribution in [3.8, 4) is 11.3 Å². The highest BCUT2D eigenvalue weighted by Crippen LogP contribution is 2.42. The maximum atomic E-state index is 13.8. The Hall–Kier alpha value is -3.25. The SMILES string of the molecule is C[C@@H](C1CC1)N1Cc2cc(-c3ccn4nc(N)c(C(O)N[C@H]5CC[C@@](C)(O)CC5)c4n3)cc(N3CCOCC3)c2C1=O. The Balaban J connectivity index is 1.24. The minimum absolute atomic E-state index is 0.0593. The molecule has 42 heavy (non-hydrogen) atoms. The van der Waals surface area contributed by atoms with Crippen LogP contribution in [0, 0.1) is 5.92 Å². The van der Waals surface area contributed by atoms with E-state index in [1.807, 2.05) is 24.1 Å². The van der Waals surface area contributed by atoms with Gasteiger partial charge in [-0.05, 0) is 82.1 Å². The number of ether oxygens (including phenoxy) is 1. The smallest absolute Gasteiger partial charge is 0.256 e. The first-order valence-electron chi connectivity index (χ1n) is 15.3. The molecule has 1 aromatic carbocycles. The van der Waals surface area contributed by atoms with Crippen molar-refractivity contribution in [3.63, 3.8) is 0 Å². The lowest BCUT2D eigenvalue weighted by atomic mass is 9.83. The third-order valence-corrected chi connectivity index (χ3v) is 9.74. The molecule has 2 aromatic heterocycles. The Kier molecular flexibility index (Phi) is 6.88. The van der Waals surface area contributed by atoms with Crippen LogP contribution in [-0.2, 0) is 11.3 Å². The summed E-state index contributed by atoms with van der Waals surface area (Å²) in [4.78, 5) is 23.0. The van der Waals surface area contributed by atoms with E-state index >= 15 is 0 Å². The minimum atomic E-state index is -1.04. The second-order valence-electron chi connectivity index (χ2n) is 12.9. The van der Waals surface area contributed by atoms with Gasteiger partial charge in [0.15, 0.2) is 11.5 Å². The number of nitrogens with zero attached hydrogens (tertiary/aromatic N) is 5. The monoisotopic (exact) mass is 575 g/mol. The van der Waals surface area contributed by atoms with Gasteiger partial charge < -0.3 is 30.5 Å². The van der Waals surface area contributed by atoms with Crippen LogP contribution in [0.25, 0.3) is 16.9 Å². The van der Waals surface area contributed by atoms with Gasteiger partial charge in [0, 0.05) is 43.5 Å². The van der Waals surface area contributed by atoms with E-state index in [9.17, 15) is 15.0 Å². The predicted molar refractivity (Wildman–Crippen MR) is 159 cm³/mol. The van der Waals surface area contributed by atoms with Crippen molar-refractivity contribution in [2.75, 3.05) is 36.9 Å². The fourth-order valence-electron chi connectivity index (χ4n) is 6.92. The predicted octanol–water partition coefficient (Wildman–Crippen LogP) is 2.84. The molecule has 2 atom stereocenters. The van der Waals surface area contributed by atoms with Crippen LogP contribution in [0.4, 0.5) is 11.5 Å². The number of carbonyl (C=O) groups is 1. The van der Waals surface area contributed by atoms with Gasteiger partial charge in [-0.25, -0.2) is 9.50 Å². The maximum Gasteiger partial charge on any atom is 0.256 e. The molecule has 1 unspecified atom stereocenters. The van der Waals surface area contributed by atoms with Crippen molar-refractivity contribution in [1.29, 1.82) is 0 Å². The first kappa shape index (κ1) is 27.6. The van der Waals surface area contributed by atoms with Crippen LogP contribution in [0.2, 0.25) is 0 Å². The van der Waals surface area contributed by atoms with Gasteiger partial charge in [0.05, 0.1) is 41.3 Å². The molecular formula is C31H41N7O4. The van der Waals surface area contributed by atoms with Gasteiger partial charge in [-0.1, -0.05) is 0 Å². The molecule has 3 fully saturated rings. The van der Waals surface area contributed by atoms with Crippen LogP contribution in [0.3, 0.4) is 0 Å². The van der Waals surface area contributed by atoms with Gasteiger partial charge in [0.25, 0.3) is 5.91 Å². The molecule has 3 aromatic rings. The summed E-state index contributed by atoms with van der Waals surface area (Å²) in [6, 6.07) is 6.36. The Bertz CT molecular complexity index is 1500. The van der Waals surface area contributed by atoms with Crippen molar-refractivity contribution in [1.82, 2.24) is 24.8 Å². The van der Waals surface area contributed by atoms with Crippen molar-refractivity contribution in [3.05, 3.63) is 41.1 Å². The van der Waals surface area contributed by atoms with Crippen LogP contribution in [0.5, 0.6) is 0 Å². The number of morpholine rings is 1. The summed E-state index contributed by atoms with van der Waals surface area (Å²) >= 11 is 0. The zero-order chi connectivity index (χ0) is 29.2. The summed E-state index contributed by atoms with van der Waals surface area (Å²) in [5.74, 6) is 0.928. The topological polar surface area (TPSA) is 141 Å². The first-order chi connectivity index (χ1) is 20.2. The zero-order valence-electron chi connectivity index (χ0n) is 24.4. The van der Waals surface area contributed by atoms with Crippen LogP contribution in [0.15, 0.2) is 24.4 Å². The number of amides is 1. The van der Waals surface area contributed by atoms with Gasteiger partial charge >= 0.3 is 0 Å². The minimum Gasteiger partial charge on any atom is -0.390 e. The highest BCUT2D eigenvalue weighted by Gasteiger charge is 2.40. The lowest BCUT2D eigenvalue weighted by Crippen LogP contribution is -2.41. The normalized spacial score (nSPS) is 26.1. The quantitative estimate of drug-likeness (QED) is 0.313. The number of aromatic nitrogens is 3. The standard InChI is InChI=1S/C31H41N7O4/c1-18(19-3-4-19)37-17-21-15-20(16-24(25(21)30(37)40)36-11-13-42-14-12-36)23-7-10-38-28(34-23)26(27(32)35-38)29(39)33-22-5-8-31(2,41)9-6-22/h7,10,15-16,18-19,22,29,33,39,41H,3-6,8-9,11-14,17H2,1-2H3,(H2,32,35)/t18-,22-,29?,31+/m0/s1. The average Bonchev–Trinajstić information content (AvgIpc) is 3.70. The molecule has 224 valence electrons. The molecule has 4 heterocycles. The number of fused-ring (bicyclic) bond motifs is 2. The maximum absolute atomic E-state index is 13.8. The van der Waals surface area contributed by atoms with Gasteiger partial charge in [-0.2, -0.15) is 0 Å². The lowest BCUT2D eigenvalue weighted by molar-refractivity contribution is 0.00515. The number of nitrogens with two attached hydrogens (primary N) is 1. The fourth-order valence-corrected chi connectivity index (χ4v) is 6.92. The van der Waals surface area contributed by atoms with Crippen molar-refractivity contribution >= 4 is 23.1 Å². The molecular weight excluding hydrogens is 534 g/mol. The van der Waals surface area contributed by atoms with Crippen LogP contribution in [0.1, 0.15) is 80.1 Å². The molecule has 1 amide bonds. The third kappa shape index (κ3) is 5.02. The first-order valence-corrected chi connectivity index (χ1v) is 15.3. The number of nitrogens with one attached hydrogen (secondary N) is 1. The second kappa shape index (κ2) is 10.5. The van der Waals surface area contributed by atoms with Crippen LogP contribution < -0.4 is 16.0 Å². The molecule has 5 N–H and O–H groups in total. The summed E-state index contributed by atoms with van der Waals surface area (Å²) in [5.41, 5.74) is 11.0. The summed E-state index contributed by atoms with van der Waals surface area (Å²) in [6.07, 6.45) is 6.01. The number of nitrogen functional groups attached to an aromatic ring is 1. The molecule has 0 radical (unpaired) electrons. The number of aliphatic hydroxyl groups is 2. The molecule has 11 nitrogen and oxygen atoms in total. The molecule has 2 saturated carbocycles. The number of carbonyl (C=O) groups excluding carboxylic acids is 1. The molecule has 7 rings (SSSR count). The van der Waals surface area contributed by atoms with Gasteiger partial charge in [-0.3, -0.25) is 10.1 Å². The van der Waals surface area contributed by atoms with Gasteiger partial charge in [-0.15, -0.1) is 5.10 Å². The zero-order valence-corrected chi connectivity index (χ0v) is 24.4. The van der Waals surface area contributed by atoms with Crippen LogP contribution in [-0.4, -0.2) is 79.6 Å². The van der Waals surface area contributed by atoms with E-state index in [4.69, 9.17) is 15.5 Å². The number of aliphatic hydroxyl groups excluding tert-OH is 1. The summed E-state index contributed by atoms with van der Waals surface area (Å²) in [6.45, 7) is 7.34. The van der Waals surface area contributed by atoms with Gasteiger partial charge in [0.1, 0.15) is 6.23 Å². The summed E-state index contributed by atoms with van der Waals surface area (Å²) in [7, 11) is 0. The Morgan fingerprint density at radius 2 is 1.90 bits per heavy atom. The largest absolute Gasteiger partial charge is 0.390 e. The molecule has 2 aliphatic heterocycles. The van der Waals surface area contributed by atoms with Crippen LogP contribution >= 0.6 is 0 Å². The third-order valence-electron chi connectivity index (χ3n) is 9.74. The Morgan fingerprint density at radius 3 is 2.62 bits per heavy atom. The Morgan fingerprint density at radius 1 is 1.17 bits per heavy atom. The molecule has 4 aliphatic rings. The van der Waals surface area contributed by atoms with Crippen molar-refractivity contribution in [2.45, 2.75) is 82.8 Å². The highest BCUT2D eigenvalue weighted by molar-refractivity contribution is 6.05. The van der Waals surface area contributed by atoms with E-state index in [-0.39, 0.29) is 23.8 Å². The highest BCUT2D eigenvalue weighted by atomic mass is 16.5. The number of anilines is 2. The number of hydrogen-bond acceptors (Lipinski definition) is 9. The van der Waals surface area contributed by atoms with E-state index in [0.717, 1.165) is 54.0 Å². The molecule has 2 aliphatic carbocycles. The lowest BCUT2D eigenvalue weighted by Gasteiger charge is -2.34. The Labute approximate surface area is 245 Å². The molecule has 1 saturated heterocycles. The van der Waals surface area contributed by atoms with Crippen molar-refractivity contribution in [2.24, 2.45) is 5.92 Å². The molecule has 0 spiro atoms. The second-order valence-corrected chi connectivity index (χ2v) is 12.9. The molecule has 0 bridgehead atoms. The van der Waals surface area contributed by atoms with Crippen molar-refractivity contribution < 1.29 is 19.7 Å². The number of benzene rings is 1. The number of rotatable bonds is 7. The van der Waals surface area contributed by atoms with E-state index < -0.39 is 11.8 Å².